The molecule has 1 aromatic heterocycles. The van der Waals surface area contributed by atoms with Gasteiger partial charge in [-0.1, -0.05) is 18.8 Å². The molecule has 0 aliphatic rings. The summed E-state index contributed by atoms with van der Waals surface area (Å²) in [5.41, 5.74) is 6.31. The first-order valence-electron chi connectivity index (χ1n) is 6.35. The fraction of sp³-hybridized carbons (Fsp3) is 0.467. The van der Waals surface area contributed by atoms with E-state index in [1.54, 1.807) is 30.3 Å². The van der Waals surface area contributed by atoms with Gasteiger partial charge in [-0.05, 0) is 32.4 Å². The number of amides is 1. The van der Waals surface area contributed by atoms with Crippen LogP contribution in [0.25, 0.3) is 0 Å². The Morgan fingerprint density at radius 1 is 1.47 bits per heavy atom. The summed E-state index contributed by atoms with van der Waals surface area (Å²) in [5.74, 6) is 5.55. The predicted octanol–water partition coefficient (Wildman–Crippen LogP) is 1.65. The average molecular weight is 259 g/mol. The van der Waals surface area contributed by atoms with Crippen LogP contribution in [-0.4, -0.2) is 34.9 Å². The summed E-state index contributed by atoms with van der Waals surface area (Å²) < 4.78 is 0. The number of rotatable bonds is 3. The fourth-order valence-corrected chi connectivity index (χ4v) is 1.43. The van der Waals surface area contributed by atoms with Crippen molar-refractivity contribution in [2.45, 2.75) is 32.7 Å². The van der Waals surface area contributed by atoms with Crippen molar-refractivity contribution in [3.63, 3.8) is 0 Å². The van der Waals surface area contributed by atoms with Crippen LogP contribution in [0.2, 0.25) is 0 Å². The third-order valence-corrected chi connectivity index (χ3v) is 3.40. The van der Waals surface area contributed by atoms with Crippen LogP contribution >= 0.6 is 0 Å². The van der Waals surface area contributed by atoms with Gasteiger partial charge in [0.05, 0.1) is 6.54 Å². The highest BCUT2D eigenvalue weighted by molar-refractivity contribution is 5.92. The van der Waals surface area contributed by atoms with Crippen molar-refractivity contribution in [2.24, 2.45) is 5.73 Å². The molecule has 0 radical (unpaired) electrons. The topological polar surface area (TPSA) is 59.2 Å². The molecule has 0 aromatic carbocycles. The van der Waals surface area contributed by atoms with Crippen LogP contribution in [0.5, 0.6) is 0 Å². The van der Waals surface area contributed by atoms with Gasteiger partial charge < -0.3 is 10.6 Å². The zero-order chi connectivity index (χ0) is 14.5. The summed E-state index contributed by atoms with van der Waals surface area (Å²) in [6.45, 7) is 6.44. The van der Waals surface area contributed by atoms with Gasteiger partial charge in [0.15, 0.2) is 0 Å². The van der Waals surface area contributed by atoms with Crippen LogP contribution in [-0.2, 0) is 0 Å². The second-order valence-corrected chi connectivity index (χ2v) is 4.97. The quantitative estimate of drug-likeness (QED) is 0.840. The molecular formula is C15H21N3O. The molecule has 0 aliphatic carbocycles. The lowest BCUT2D eigenvalue weighted by Crippen LogP contribution is -2.44. The molecule has 2 N–H and O–H groups in total. The van der Waals surface area contributed by atoms with Gasteiger partial charge in [0.25, 0.3) is 5.91 Å². The Hall–Kier alpha value is -1.86. The van der Waals surface area contributed by atoms with Gasteiger partial charge in [0.1, 0.15) is 5.69 Å². The molecular weight excluding hydrogens is 238 g/mol. The van der Waals surface area contributed by atoms with Gasteiger partial charge >= 0.3 is 0 Å². The smallest absolute Gasteiger partial charge is 0.272 e. The second kappa shape index (κ2) is 6.35. The maximum atomic E-state index is 12.3. The van der Waals surface area contributed by atoms with Crippen LogP contribution < -0.4 is 5.73 Å². The van der Waals surface area contributed by atoms with E-state index in [0.29, 0.717) is 12.2 Å². The minimum atomic E-state index is -0.184. The molecule has 0 spiro atoms. The Morgan fingerprint density at radius 2 is 2.16 bits per heavy atom. The molecule has 0 unspecified atom stereocenters. The highest BCUT2D eigenvalue weighted by atomic mass is 16.2. The minimum Gasteiger partial charge on any atom is -0.335 e. The molecule has 0 aliphatic heterocycles. The van der Waals surface area contributed by atoms with Gasteiger partial charge in [-0.25, -0.2) is 4.98 Å². The fourth-order valence-electron chi connectivity index (χ4n) is 1.43. The lowest BCUT2D eigenvalue weighted by Gasteiger charge is -2.34. The van der Waals surface area contributed by atoms with Gasteiger partial charge in [-0.15, -0.1) is 0 Å². The minimum absolute atomic E-state index is 0.0785. The van der Waals surface area contributed by atoms with Crippen molar-refractivity contribution in [1.29, 1.82) is 0 Å². The predicted molar refractivity (Wildman–Crippen MR) is 76.6 cm³/mol. The summed E-state index contributed by atoms with van der Waals surface area (Å²) in [6, 6.07) is 3.49. The van der Waals surface area contributed by atoms with Crippen LogP contribution in [0.15, 0.2) is 18.3 Å². The number of nitrogens with zero attached hydrogens (tertiary/aromatic N) is 2. The third kappa shape index (κ3) is 3.80. The summed E-state index contributed by atoms with van der Waals surface area (Å²) in [6.07, 6.45) is 2.48. The van der Waals surface area contributed by atoms with Crippen LogP contribution in [0.1, 0.15) is 43.2 Å². The van der Waals surface area contributed by atoms with Gasteiger partial charge in [0.2, 0.25) is 0 Å². The average Bonchev–Trinajstić information content (AvgIpc) is 2.44. The number of hydrogen-bond donors (Lipinski definition) is 1. The number of pyridine rings is 1. The zero-order valence-electron chi connectivity index (χ0n) is 12.0. The summed E-state index contributed by atoms with van der Waals surface area (Å²) >= 11 is 0. The largest absolute Gasteiger partial charge is 0.335 e. The van der Waals surface area contributed by atoms with E-state index < -0.39 is 0 Å². The SMILES string of the molecule is CCC(C)(C)N(C)C(=O)c1ccc(C#CCN)cn1. The van der Waals surface area contributed by atoms with E-state index in [1.165, 1.54) is 0 Å². The van der Waals surface area contributed by atoms with E-state index in [2.05, 4.69) is 23.7 Å². The number of nitrogens with two attached hydrogens (primary N) is 1. The van der Waals surface area contributed by atoms with Crippen LogP contribution in [0, 0.1) is 11.8 Å². The van der Waals surface area contributed by atoms with Crippen molar-refractivity contribution in [3.05, 3.63) is 29.6 Å². The summed E-state index contributed by atoms with van der Waals surface area (Å²) in [4.78, 5) is 18.2. The number of aromatic nitrogens is 1. The highest BCUT2D eigenvalue weighted by Crippen LogP contribution is 2.18. The molecule has 0 saturated carbocycles. The van der Waals surface area contributed by atoms with Crippen molar-refractivity contribution in [1.82, 2.24) is 9.88 Å². The van der Waals surface area contributed by atoms with Crippen molar-refractivity contribution < 1.29 is 4.79 Å². The molecule has 1 heterocycles. The lowest BCUT2D eigenvalue weighted by molar-refractivity contribution is 0.0614. The molecule has 0 bridgehead atoms. The first-order chi connectivity index (χ1) is 8.92. The molecule has 1 rings (SSSR count). The van der Waals surface area contributed by atoms with Crippen LogP contribution in [0.3, 0.4) is 0 Å². The van der Waals surface area contributed by atoms with Crippen molar-refractivity contribution in [3.8, 4) is 11.8 Å². The van der Waals surface area contributed by atoms with Gasteiger partial charge in [0, 0.05) is 24.3 Å². The Bertz CT molecular complexity index is 494. The van der Waals surface area contributed by atoms with E-state index in [9.17, 15) is 4.79 Å². The van der Waals surface area contributed by atoms with E-state index in [1.807, 2.05) is 13.8 Å². The standard InChI is InChI=1S/C15H21N3O/c1-5-15(2,3)18(4)14(19)13-9-8-12(11-17-13)7-6-10-16/h8-9,11H,5,10,16H2,1-4H3. The normalized spacial score (nSPS) is 10.6. The molecule has 4 nitrogen and oxygen atoms in total. The van der Waals surface area contributed by atoms with Crippen LogP contribution in [0.4, 0.5) is 0 Å². The van der Waals surface area contributed by atoms with Crippen molar-refractivity contribution in [2.75, 3.05) is 13.6 Å². The third-order valence-electron chi connectivity index (χ3n) is 3.40. The van der Waals surface area contributed by atoms with E-state index in [-0.39, 0.29) is 11.4 Å². The maximum absolute atomic E-state index is 12.3. The summed E-state index contributed by atoms with van der Waals surface area (Å²) in [7, 11) is 1.80. The lowest BCUT2D eigenvalue weighted by atomic mass is 9.99. The Balaban J connectivity index is 2.89. The number of carbonyl (C=O) groups excluding carboxylic acids is 1. The first kappa shape index (κ1) is 15.2. The van der Waals surface area contributed by atoms with E-state index in [4.69, 9.17) is 5.73 Å². The highest BCUT2D eigenvalue weighted by Gasteiger charge is 2.26. The molecule has 1 amide bonds. The van der Waals surface area contributed by atoms with E-state index >= 15 is 0 Å². The number of hydrogen-bond acceptors (Lipinski definition) is 3. The zero-order valence-corrected chi connectivity index (χ0v) is 12.0. The Labute approximate surface area is 115 Å². The first-order valence-corrected chi connectivity index (χ1v) is 6.35. The molecule has 0 saturated heterocycles. The van der Waals surface area contributed by atoms with Gasteiger partial charge in [-0.3, -0.25) is 4.79 Å². The van der Waals surface area contributed by atoms with Crippen molar-refractivity contribution >= 4 is 5.91 Å². The Kier molecular flexibility index (Phi) is 5.08. The Morgan fingerprint density at radius 3 is 2.63 bits per heavy atom. The second-order valence-electron chi connectivity index (χ2n) is 4.97. The number of carbonyl (C=O) groups is 1. The van der Waals surface area contributed by atoms with E-state index in [0.717, 1.165) is 12.0 Å². The maximum Gasteiger partial charge on any atom is 0.272 e. The monoisotopic (exact) mass is 259 g/mol. The molecule has 0 fully saturated rings. The molecule has 19 heavy (non-hydrogen) atoms. The summed E-state index contributed by atoms with van der Waals surface area (Å²) in [5, 5.41) is 0. The molecule has 1 aromatic rings. The van der Waals surface area contributed by atoms with Gasteiger partial charge in [-0.2, -0.15) is 0 Å². The molecule has 0 atom stereocenters. The molecule has 102 valence electrons. The molecule has 4 heteroatoms.